The summed E-state index contributed by atoms with van der Waals surface area (Å²) >= 11 is 1.90. The molecule has 1 N–H and O–H groups in total. The first-order valence-electron chi connectivity index (χ1n) is 7.03. The average molecular weight is 288 g/mol. The summed E-state index contributed by atoms with van der Waals surface area (Å²) in [6, 6.07) is 6.55. The van der Waals surface area contributed by atoms with Crippen LogP contribution in [0.1, 0.15) is 29.5 Å². The summed E-state index contributed by atoms with van der Waals surface area (Å²) in [6.45, 7) is 1.98. The largest absolute Gasteiger partial charge is 0.348 e. The molecule has 1 atom stereocenters. The van der Waals surface area contributed by atoms with Crippen LogP contribution < -0.4 is 0 Å². The molecule has 0 spiro atoms. The van der Waals surface area contributed by atoms with Gasteiger partial charge in [0, 0.05) is 31.4 Å². The van der Waals surface area contributed by atoms with Crippen molar-refractivity contribution in [2.75, 3.05) is 18.6 Å². The van der Waals surface area contributed by atoms with E-state index < -0.39 is 0 Å². The van der Waals surface area contributed by atoms with E-state index in [1.54, 1.807) is 0 Å². The molecule has 2 aromatic heterocycles. The van der Waals surface area contributed by atoms with Crippen LogP contribution in [0.25, 0.3) is 0 Å². The summed E-state index contributed by atoms with van der Waals surface area (Å²) in [5, 5.41) is 0. The molecule has 0 bridgehead atoms. The summed E-state index contributed by atoms with van der Waals surface area (Å²) in [5.74, 6) is 1.16. The molecule has 0 aliphatic carbocycles. The number of imidazole rings is 1. The number of aromatic amines is 1. The Labute approximate surface area is 124 Å². The van der Waals surface area contributed by atoms with E-state index in [4.69, 9.17) is 0 Å². The Bertz CT molecular complexity index is 540. The fraction of sp³-hybridized carbons (Fsp3) is 0.467. The minimum atomic E-state index is 0.416. The van der Waals surface area contributed by atoms with Gasteiger partial charge in [-0.25, -0.2) is 4.98 Å². The number of rotatable bonds is 5. The van der Waals surface area contributed by atoms with Crippen molar-refractivity contribution in [1.82, 2.24) is 19.9 Å². The zero-order valence-corrected chi connectivity index (χ0v) is 12.6. The molecule has 0 aromatic carbocycles. The molecule has 1 unspecified atom stereocenters. The Balaban J connectivity index is 1.79. The Kier molecular flexibility index (Phi) is 4.38. The predicted octanol–water partition coefficient (Wildman–Crippen LogP) is 2.66. The fourth-order valence-electron chi connectivity index (χ4n) is 2.84. The van der Waals surface area contributed by atoms with E-state index >= 15 is 0 Å². The van der Waals surface area contributed by atoms with Crippen molar-refractivity contribution in [1.29, 1.82) is 0 Å². The Morgan fingerprint density at radius 3 is 3.15 bits per heavy atom. The second-order valence-corrected chi connectivity index (χ2v) is 6.09. The van der Waals surface area contributed by atoms with Crippen LogP contribution in [0.15, 0.2) is 30.7 Å². The number of thioether (sulfide) groups is 1. The maximum absolute atomic E-state index is 4.56. The molecule has 3 heterocycles. The van der Waals surface area contributed by atoms with Gasteiger partial charge in [-0.2, -0.15) is 11.8 Å². The molecule has 5 heteroatoms. The van der Waals surface area contributed by atoms with Crippen LogP contribution in [0.5, 0.6) is 0 Å². The molecule has 106 valence electrons. The highest BCUT2D eigenvalue weighted by molar-refractivity contribution is 7.98. The Hall–Kier alpha value is -1.33. The van der Waals surface area contributed by atoms with Crippen molar-refractivity contribution in [3.63, 3.8) is 0 Å². The molecule has 1 aliphatic heterocycles. The van der Waals surface area contributed by atoms with E-state index in [9.17, 15) is 0 Å². The Morgan fingerprint density at radius 2 is 2.35 bits per heavy atom. The maximum atomic E-state index is 4.56. The van der Waals surface area contributed by atoms with Crippen LogP contribution in [0.4, 0.5) is 0 Å². The van der Waals surface area contributed by atoms with Gasteiger partial charge in [0.1, 0.15) is 0 Å². The number of nitrogens with one attached hydrogen (secondary N) is 1. The van der Waals surface area contributed by atoms with Crippen LogP contribution in [0.2, 0.25) is 0 Å². The quantitative estimate of drug-likeness (QED) is 0.918. The molecule has 1 aliphatic rings. The van der Waals surface area contributed by atoms with Crippen molar-refractivity contribution in [3.05, 3.63) is 47.8 Å². The van der Waals surface area contributed by atoms with Crippen molar-refractivity contribution in [3.8, 4) is 0 Å². The summed E-state index contributed by atoms with van der Waals surface area (Å²) in [6.07, 6.45) is 8.07. The molecule has 20 heavy (non-hydrogen) atoms. The van der Waals surface area contributed by atoms with Crippen molar-refractivity contribution >= 4 is 11.8 Å². The van der Waals surface area contributed by atoms with E-state index in [2.05, 4.69) is 38.2 Å². The number of pyridine rings is 1. The van der Waals surface area contributed by atoms with Gasteiger partial charge in [0.2, 0.25) is 0 Å². The molecule has 0 amide bonds. The van der Waals surface area contributed by atoms with Gasteiger partial charge in [-0.3, -0.25) is 9.88 Å². The third kappa shape index (κ3) is 2.88. The second-order valence-electron chi connectivity index (χ2n) is 5.11. The summed E-state index contributed by atoms with van der Waals surface area (Å²) in [4.78, 5) is 14.8. The monoisotopic (exact) mass is 288 g/mol. The van der Waals surface area contributed by atoms with Crippen LogP contribution in [-0.4, -0.2) is 38.4 Å². The van der Waals surface area contributed by atoms with Gasteiger partial charge in [-0.15, -0.1) is 0 Å². The van der Waals surface area contributed by atoms with Crippen molar-refractivity contribution in [2.45, 2.75) is 25.4 Å². The number of aromatic nitrogens is 3. The van der Waals surface area contributed by atoms with Crippen molar-refractivity contribution < 1.29 is 0 Å². The fourth-order valence-corrected chi connectivity index (χ4v) is 3.30. The molecular formula is C15H20N4S. The first-order chi connectivity index (χ1) is 9.88. The zero-order valence-electron chi connectivity index (χ0n) is 11.7. The van der Waals surface area contributed by atoms with E-state index in [-0.39, 0.29) is 0 Å². The van der Waals surface area contributed by atoms with E-state index in [0.29, 0.717) is 6.04 Å². The van der Waals surface area contributed by atoms with Gasteiger partial charge in [0.05, 0.1) is 23.8 Å². The third-order valence-electron chi connectivity index (χ3n) is 3.84. The predicted molar refractivity (Wildman–Crippen MR) is 82.7 cm³/mol. The smallest absolute Gasteiger partial charge is 0.0925 e. The number of H-pyrrole nitrogens is 1. The van der Waals surface area contributed by atoms with Crippen LogP contribution in [0, 0.1) is 0 Å². The summed E-state index contributed by atoms with van der Waals surface area (Å²) in [7, 11) is 0. The number of hydrogen-bond donors (Lipinski definition) is 1. The topological polar surface area (TPSA) is 44.8 Å². The Morgan fingerprint density at radius 1 is 1.40 bits per heavy atom. The molecule has 3 rings (SSSR count). The summed E-state index contributed by atoms with van der Waals surface area (Å²) in [5.41, 5.74) is 3.69. The van der Waals surface area contributed by atoms with Gasteiger partial charge in [-0.1, -0.05) is 6.07 Å². The van der Waals surface area contributed by atoms with Gasteiger partial charge in [0.25, 0.3) is 0 Å². The van der Waals surface area contributed by atoms with Gasteiger partial charge >= 0.3 is 0 Å². The maximum Gasteiger partial charge on any atom is 0.0925 e. The standard InChI is InChI=1S/C15H20N4S/c1-20-9-6-14-15-13(17-11-18-15)5-8-19(14)10-12-4-2-3-7-16-12/h2-4,7,11,14H,5-6,8-10H2,1H3,(H,17,18). The van der Waals surface area contributed by atoms with E-state index in [1.807, 2.05) is 30.4 Å². The van der Waals surface area contributed by atoms with E-state index in [0.717, 1.165) is 37.4 Å². The summed E-state index contributed by atoms with van der Waals surface area (Å²) < 4.78 is 0. The molecule has 4 nitrogen and oxygen atoms in total. The minimum absolute atomic E-state index is 0.416. The lowest BCUT2D eigenvalue weighted by molar-refractivity contribution is 0.166. The highest BCUT2D eigenvalue weighted by atomic mass is 32.2. The second kappa shape index (κ2) is 6.41. The SMILES string of the molecule is CSCCC1c2nc[nH]c2CCN1Cc1ccccn1. The first kappa shape index (κ1) is 13.6. The highest BCUT2D eigenvalue weighted by Gasteiger charge is 2.29. The van der Waals surface area contributed by atoms with Crippen LogP contribution >= 0.6 is 11.8 Å². The lowest BCUT2D eigenvalue weighted by Gasteiger charge is -2.34. The molecular weight excluding hydrogens is 268 g/mol. The number of hydrogen-bond acceptors (Lipinski definition) is 4. The first-order valence-corrected chi connectivity index (χ1v) is 8.43. The molecule has 2 aromatic rings. The zero-order chi connectivity index (χ0) is 13.8. The molecule has 0 radical (unpaired) electrons. The molecule has 0 saturated carbocycles. The lowest BCUT2D eigenvalue weighted by atomic mass is 10.0. The highest BCUT2D eigenvalue weighted by Crippen LogP contribution is 2.31. The van der Waals surface area contributed by atoms with Crippen molar-refractivity contribution in [2.24, 2.45) is 0 Å². The normalized spacial score (nSPS) is 18.9. The molecule has 0 fully saturated rings. The number of nitrogens with zero attached hydrogens (tertiary/aromatic N) is 3. The van der Waals surface area contributed by atoms with Gasteiger partial charge in [0.15, 0.2) is 0 Å². The average Bonchev–Trinajstić information content (AvgIpc) is 2.96. The van der Waals surface area contributed by atoms with Gasteiger partial charge in [-0.05, 0) is 30.6 Å². The van der Waals surface area contributed by atoms with Crippen LogP contribution in [-0.2, 0) is 13.0 Å². The van der Waals surface area contributed by atoms with Gasteiger partial charge < -0.3 is 4.98 Å². The minimum Gasteiger partial charge on any atom is -0.348 e. The number of fused-ring (bicyclic) bond motifs is 1. The molecule has 0 saturated heterocycles. The lowest BCUT2D eigenvalue weighted by Crippen LogP contribution is -2.35. The van der Waals surface area contributed by atoms with E-state index in [1.165, 1.54) is 11.4 Å². The van der Waals surface area contributed by atoms with Crippen LogP contribution in [0.3, 0.4) is 0 Å². The third-order valence-corrected chi connectivity index (χ3v) is 4.49.